The maximum Gasteiger partial charge on any atom is 0.458 e. The van der Waals surface area contributed by atoms with Crippen LogP contribution in [0.5, 0.6) is 0 Å². The highest BCUT2D eigenvalue weighted by Crippen LogP contribution is 2.48. The largest absolute Gasteiger partial charge is 0.468 e. The second-order valence-corrected chi connectivity index (χ2v) is 15.5. The molecule has 8 heteroatoms. The molecule has 164 valence electrons. The smallest absolute Gasteiger partial charge is 0.458 e. The molecule has 0 N–H and O–H groups in total. The molecule has 1 aliphatic heterocycles. The zero-order valence-corrected chi connectivity index (χ0v) is 20.5. The summed E-state index contributed by atoms with van der Waals surface area (Å²) in [5.41, 5.74) is 1.58. The van der Waals surface area contributed by atoms with Gasteiger partial charge in [-0.25, -0.2) is 0 Å². The molecule has 2 aliphatic rings. The number of hydrogen-bond acceptors (Lipinski definition) is 6. The summed E-state index contributed by atoms with van der Waals surface area (Å²) < 4.78 is 22.5. The minimum atomic E-state index is -1.49. The van der Waals surface area contributed by atoms with Crippen LogP contribution in [-0.2, 0) is 28.4 Å². The van der Waals surface area contributed by atoms with Gasteiger partial charge in [0.2, 0.25) is 0 Å². The quantitative estimate of drug-likeness (QED) is 0.377. The van der Waals surface area contributed by atoms with E-state index >= 15 is 0 Å². The van der Waals surface area contributed by atoms with Gasteiger partial charge in [-0.3, -0.25) is 9.59 Å². The maximum atomic E-state index is 12.7. The molecular weight excluding hydrogens is 387 g/mol. The Labute approximate surface area is 176 Å². The van der Waals surface area contributed by atoms with E-state index in [1.54, 1.807) is 0 Å². The highest BCUT2D eigenvalue weighted by Gasteiger charge is 2.56. The molecule has 0 aromatic heterocycles. The molecule has 0 bridgehead atoms. The highest BCUT2D eigenvalue weighted by molar-refractivity contribution is 6.81. The van der Waals surface area contributed by atoms with Crippen LogP contribution in [0, 0.1) is 11.3 Å². The SMILES string of the molecule is COC(=O)C1(C(=O)OC)CC/C(=C\[Si](C)(C)C)C(CB2OC(C)(C)C(C)(C)O2)C1. The molecule has 6 nitrogen and oxygen atoms in total. The Morgan fingerprint density at radius 1 is 1.07 bits per heavy atom. The second-order valence-electron chi connectivity index (χ2n) is 10.5. The molecule has 0 amide bonds. The number of methoxy groups -OCH3 is 2. The van der Waals surface area contributed by atoms with Crippen molar-refractivity contribution in [3.05, 3.63) is 11.3 Å². The predicted octanol–water partition coefficient (Wildman–Crippen LogP) is 4.01. The van der Waals surface area contributed by atoms with Gasteiger partial charge in [-0.05, 0) is 59.2 Å². The minimum absolute atomic E-state index is 0.0108. The molecule has 1 unspecified atom stereocenters. The van der Waals surface area contributed by atoms with E-state index in [4.69, 9.17) is 18.8 Å². The number of rotatable bonds is 5. The summed E-state index contributed by atoms with van der Waals surface area (Å²) in [7, 11) is 0.766. The van der Waals surface area contributed by atoms with Gasteiger partial charge < -0.3 is 18.8 Å². The van der Waals surface area contributed by atoms with Crippen LogP contribution in [0.1, 0.15) is 47.0 Å². The second kappa shape index (κ2) is 8.19. The summed E-state index contributed by atoms with van der Waals surface area (Å²) in [6.45, 7) is 15.0. The molecule has 1 saturated carbocycles. The van der Waals surface area contributed by atoms with Crippen LogP contribution in [0.2, 0.25) is 26.0 Å². The average Bonchev–Trinajstić information content (AvgIpc) is 2.80. The molecule has 0 aromatic carbocycles. The monoisotopic (exact) mass is 424 g/mol. The van der Waals surface area contributed by atoms with E-state index in [2.05, 4.69) is 25.3 Å². The van der Waals surface area contributed by atoms with Crippen molar-refractivity contribution in [3.63, 3.8) is 0 Å². The molecule has 1 aliphatic carbocycles. The van der Waals surface area contributed by atoms with Crippen molar-refractivity contribution in [2.24, 2.45) is 11.3 Å². The predicted molar refractivity (Wildman–Crippen MR) is 116 cm³/mol. The summed E-state index contributed by atoms with van der Waals surface area (Å²) in [5, 5.41) is 0. The molecule has 1 saturated heterocycles. The normalized spacial score (nSPS) is 27.0. The lowest BCUT2D eigenvalue weighted by atomic mass is 9.62. The van der Waals surface area contributed by atoms with E-state index in [9.17, 15) is 9.59 Å². The van der Waals surface area contributed by atoms with Gasteiger partial charge in [-0.15, -0.1) is 0 Å². The van der Waals surface area contributed by atoms with Crippen molar-refractivity contribution < 1.29 is 28.4 Å². The van der Waals surface area contributed by atoms with Crippen LogP contribution in [0.3, 0.4) is 0 Å². The Kier molecular flexibility index (Phi) is 6.82. The Morgan fingerprint density at radius 3 is 1.97 bits per heavy atom. The van der Waals surface area contributed by atoms with E-state index in [1.807, 2.05) is 27.7 Å². The lowest BCUT2D eigenvalue weighted by Crippen LogP contribution is -2.46. The Balaban J connectivity index is 2.37. The zero-order valence-electron chi connectivity index (χ0n) is 19.5. The van der Waals surface area contributed by atoms with Crippen molar-refractivity contribution in [1.82, 2.24) is 0 Å². The number of allylic oxidation sites excluding steroid dienone is 1. The van der Waals surface area contributed by atoms with Crippen molar-refractivity contribution in [3.8, 4) is 0 Å². The van der Waals surface area contributed by atoms with Crippen molar-refractivity contribution in [1.29, 1.82) is 0 Å². The van der Waals surface area contributed by atoms with Crippen LogP contribution in [-0.4, -0.2) is 52.6 Å². The number of carbonyl (C=O) groups is 2. The molecule has 0 spiro atoms. The van der Waals surface area contributed by atoms with Crippen LogP contribution in [0.25, 0.3) is 0 Å². The van der Waals surface area contributed by atoms with Crippen LogP contribution in [0.4, 0.5) is 0 Å². The Bertz CT molecular complexity index is 647. The molecule has 1 heterocycles. The minimum Gasteiger partial charge on any atom is -0.468 e. The molecule has 0 radical (unpaired) electrons. The Hall–Kier alpha value is -1.12. The maximum absolute atomic E-state index is 12.7. The third kappa shape index (κ3) is 4.97. The first kappa shape index (κ1) is 24.2. The van der Waals surface area contributed by atoms with Gasteiger partial charge in [0.1, 0.15) is 0 Å². The molecule has 29 heavy (non-hydrogen) atoms. The van der Waals surface area contributed by atoms with Gasteiger partial charge in [0.25, 0.3) is 0 Å². The summed E-state index contributed by atoms with van der Waals surface area (Å²) >= 11 is 0. The third-order valence-corrected chi connectivity index (χ3v) is 7.75. The zero-order chi connectivity index (χ0) is 22.3. The van der Waals surface area contributed by atoms with Crippen LogP contribution >= 0.6 is 0 Å². The van der Waals surface area contributed by atoms with Crippen LogP contribution < -0.4 is 0 Å². The van der Waals surface area contributed by atoms with Crippen LogP contribution in [0.15, 0.2) is 11.3 Å². The molecule has 1 atom stereocenters. The summed E-state index contributed by atoms with van der Waals surface area (Å²) in [4.78, 5) is 25.3. The topological polar surface area (TPSA) is 71.1 Å². The lowest BCUT2D eigenvalue weighted by Gasteiger charge is -2.39. The van der Waals surface area contributed by atoms with Gasteiger partial charge in [0.05, 0.1) is 33.5 Å². The van der Waals surface area contributed by atoms with Gasteiger partial charge in [0.15, 0.2) is 5.41 Å². The van der Waals surface area contributed by atoms with E-state index in [0.29, 0.717) is 25.6 Å². The average molecular weight is 424 g/mol. The number of ether oxygens (including phenoxy) is 2. The number of hydrogen-bond donors (Lipinski definition) is 0. The van der Waals surface area contributed by atoms with Gasteiger partial charge in [-0.1, -0.05) is 30.9 Å². The van der Waals surface area contributed by atoms with E-state index in [1.165, 1.54) is 19.8 Å². The van der Waals surface area contributed by atoms with Crippen molar-refractivity contribution in [2.75, 3.05) is 14.2 Å². The molecular formula is C21H37BO6Si. The summed E-state index contributed by atoms with van der Waals surface area (Å²) in [5.74, 6) is -1.05. The fourth-order valence-electron chi connectivity index (χ4n) is 4.34. The van der Waals surface area contributed by atoms with Crippen molar-refractivity contribution >= 4 is 27.1 Å². The lowest BCUT2D eigenvalue weighted by molar-refractivity contribution is -0.172. The molecule has 0 aromatic rings. The van der Waals surface area contributed by atoms with E-state index < -0.39 is 36.6 Å². The first-order chi connectivity index (χ1) is 13.2. The fraction of sp³-hybridized carbons (Fsp3) is 0.810. The summed E-state index contributed by atoms with van der Waals surface area (Å²) in [6, 6.07) is 0. The standard InChI is InChI=1S/C21H37BO6Si/c1-19(2)20(3,4)28-22(27-19)13-16-12-21(17(23)25-5,18(24)26-6)11-10-15(16)14-29(7,8)9/h14,16H,10-13H2,1-9H3/b15-14+. The molecule has 2 rings (SSSR count). The van der Waals surface area contributed by atoms with Gasteiger partial charge in [-0.2, -0.15) is 0 Å². The van der Waals surface area contributed by atoms with E-state index in [0.717, 1.165) is 0 Å². The number of carbonyl (C=O) groups excluding carboxylic acids is 2. The first-order valence-corrected chi connectivity index (χ1v) is 14.0. The fourth-order valence-corrected chi connectivity index (χ4v) is 5.83. The number of esters is 2. The molecule has 2 fully saturated rings. The highest BCUT2D eigenvalue weighted by atomic mass is 28.3. The van der Waals surface area contributed by atoms with Gasteiger partial charge in [0, 0.05) is 0 Å². The summed E-state index contributed by atoms with van der Waals surface area (Å²) in [6.07, 6.45) is 2.02. The van der Waals surface area contributed by atoms with Crippen molar-refractivity contribution in [2.45, 2.75) is 84.1 Å². The first-order valence-electron chi connectivity index (χ1n) is 10.4. The Morgan fingerprint density at radius 2 is 1.55 bits per heavy atom. The van der Waals surface area contributed by atoms with E-state index in [-0.39, 0.29) is 13.0 Å². The van der Waals surface area contributed by atoms with Gasteiger partial charge >= 0.3 is 19.1 Å². The third-order valence-electron chi connectivity index (χ3n) is 6.51.